The van der Waals surface area contributed by atoms with Gasteiger partial charge in [-0.15, -0.1) is 0 Å². The Balaban J connectivity index is 0. The standard InChI is InChI=1S/C5H10O5.Na/c6-2-4(8)3(7)1-5(9)10;/h3-4,6-8H,1-2H2,(H,9,10);/q;+1/p-1/t3-,4+;/m0./s1. The number of carbonyl (C=O) groups excluding carboxylic acids is 1. The van der Waals surface area contributed by atoms with Crippen molar-refractivity contribution in [1.82, 2.24) is 0 Å². The van der Waals surface area contributed by atoms with Crippen molar-refractivity contribution in [2.75, 3.05) is 6.61 Å². The maximum atomic E-state index is 9.77. The van der Waals surface area contributed by atoms with Crippen molar-refractivity contribution >= 4 is 5.97 Å². The molecule has 0 unspecified atom stereocenters. The van der Waals surface area contributed by atoms with Gasteiger partial charge in [-0.25, -0.2) is 0 Å². The second kappa shape index (κ2) is 7.02. The summed E-state index contributed by atoms with van der Waals surface area (Å²) in [7, 11) is 0. The fourth-order valence-electron chi connectivity index (χ4n) is 0.428. The van der Waals surface area contributed by atoms with Gasteiger partial charge in [0.25, 0.3) is 0 Å². The van der Waals surface area contributed by atoms with Crippen LogP contribution >= 0.6 is 0 Å². The number of aliphatic carboxylic acids is 1. The zero-order valence-corrected chi connectivity index (χ0v) is 8.23. The third kappa shape index (κ3) is 6.74. The first-order valence-electron chi connectivity index (χ1n) is 2.74. The summed E-state index contributed by atoms with van der Waals surface area (Å²) >= 11 is 0. The Bertz CT molecular complexity index is 117. The number of carboxylic acids is 1. The van der Waals surface area contributed by atoms with Gasteiger partial charge in [0.1, 0.15) is 6.10 Å². The molecule has 0 saturated carbocycles. The second-order valence-corrected chi connectivity index (χ2v) is 1.89. The molecular weight excluding hydrogens is 163 g/mol. The van der Waals surface area contributed by atoms with Crippen LogP contribution in [0.5, 0.6) is 0 Å². The van der Waals surface area contributed by atoms with Crippen molar-refractivity contribution in [3.05, 3.63) is 0 Å². The molecule has 0 fully saturated rings. The monoisotopic (exact) mass is 172 g/mol. The van der Waals surface area contributed by atoms with Gasteiger partial charge in [-0.3, -0.25) is 0 Å². The van der Waals surface area contributed by atoms with Crippen molar-refractivity contribution in [2.45, 2.75) is 18.6 Å². The summed E-state index contributed by atoms with van der Waals surface area (Å²) in [6.45, 7) is -0.658. The Morgan fingerprint density at radius 2 is 1.82 bits per heavy atom. The summed E-state index contributed by atoms with van der Waals surface area (Å²) in [4.78, 5) is 9.77. The third-order valence-electron chi connectivity index (χ3n) is 1.01. The minimum absolute atomic E-state index is 0. The van der Waals surface area contributed by atoms with Crippen LogP contribution in [0, 0.1) is 0 Å². The molecule has 0 amide bonds. The van der Waals surface area contributed by atoms with E-state index in [0.717, 1.165) is 0 Å². The maximum absolute atomic E-state index is 9.77. The van der Waals surface area contributed by atoms with E-state index in [2.05, 4.69) is 0 Å². The molecule has 6 heteroatoms. The Kier molecular flexibility index (Phi) is 8.88. The van der Waals surface area contributed by atoms with Crippen LogP contribution in [0.2, 0.25) is 0 Å². The van der Waals surface area contributed by atoms with Crippen LogP contribution in [0.15, 0.2) is 0 Å². The minimum atomic E-state index is -1.46. The van der Waals surface area contributed by atoms with E-state index in [1.54, 1.807) is 0 Å². The molecule has 0 aliphatic rings. The zero-order valence-electron chi connectivity index (χ0n) is 6.23. The van der Waals surface area contributed by atoms with Gasteiger partial charge < -0.3 is 25.2 Å². The molecule has 0 aliphatic carbocycles. The van der Waals surface area contributed by atoms with E-state index in [0.29, 0.717) is 0 Å². The molecular formula is C5H9NaO5. The number of carbonyl (C=O) groups is 1. The Labute approximate surface area is 86.0 Å². The molecule has 0 aromatic heterocycles. The van der Waals surface area contributed by atoms with Crippen LogP contribution in [-0.4, -0.2) is 40.1 Å². The Hall–Kier alpha value is 0.350. The molecule has 0 spiro atoms. The van der Waals surface area contributed by atoms with Crippen LogP contribution < -0.4 is 34.7 Å². The minimum Gasteiger partial charge on any atom is -0.550 e. The number of aliphatic hydroxyl groups excluding tert-OH is 3. The predicted octanol–water partition coefficient (Wildman–Crippen LogP) is -6.16. The van der Waals surface area contributed by atoms with E-state index in [9.17, 15) is 9.90 Å². The smallest absolute Gasteiger partial charge is 0.550 e. The van der Waals surface area contributed by atoms with Crippen LogP contribution in [0.1, 0.15) is 6.42 Å². The molecule has 60 valence electrons. The van der Waals surface area contributed by atoms with Crippen LogP contribution in [0.25, 0.3) is 0 Å². The van der Waals surface area contributed by atoms with E-state index in [4.69, 9.17) is 15.3 Å². The molecule has 0 saturated heterocycles. The van der Waals surface area contributed by atoms with E-state index in [1.807, 2.05) is 0 Å². The first kappa shape index (κ1) is 13.9. The molecule has 0 radical (unpaired) electrons. The topological polar surface area (TPSA) is 101 Å². The Morgan fingerprint density at radius 3 is 2.09 bits per heavy atom. The second-order valence-electron chi connectivity index (χ2n) is 1.89. The normalized spacial score (nSPS) is 14.8. The van der Waals surface area contributed by atoms with Crippen LogP contribution in [0.3, 0.4) is 0 Å². The van der Waals surface area contributed by atoms with Gasteiger partial charge in [0.15, 0.2) is 0 Å². The van der Waals surface area contributed by atoms with E-state index >= 15 is 0 Å². The third-order valence-corrected chi connectivity index (χ3v) is 1.01. The molecule has 0 rings (SSSR count). The number of hydrogen-bond acceptors (Lipinski definition) is 5. The SMILES string of the molecule is O=C([O-])C[C@H](O)[C@H](O)CO.[Na+]. The fourth-order valence-corrected chi connectivity index (χ4v) is 0.428. The predicted molar refractivity (Wildman–Crippen MR) is 28.7 cm³/mol. The van der Waals surface area contributed by atoms with Gasteiger partial charge in [-0.2, -0.15) is 0 Å². The molecule has 0 heterocycles. The molecule has 0 aromatic rings. The zero-order chi connectivity index (χ0) is 8.15. The van der Waals surface area contributed by atoms with Crippen molar-refractivity contribution in [3.63, 3.8) is 0 Å². The van der Waals surface area contributed by atoms with Crippen LogP contribution in [-0.2, 0) is 4.79 Å². The first-order valence-corrected chi connectivity index (χ1v) is 2.74. The van der Waals surface area contributed by atoms with Crippen molar-refractivity contribution in [3.8, 4) is 0 Å². The summed E-state index contributed by atoms with van der Waals surface area (Å²) in [5.74, 6) is -1.46. The number of carboxylic acid groups (broad SMARTS) is 1. The number of hydrogen-bond donors (Lipinski definition) is 3. The summed E-state index contributed by atoms with van der Waals surface area (Å²) in [5.41, 5.74) is 0. The summed E-state index contributed by atoms with van der Waals surface area (Å²) < 4.78 is 0. The largest absolute Gasteiger partial charge is 1.00 e. The van der Waals surface area contributed by atoms with Crippen molar-refractivity contribution < 1.29 is 54.8 Å². The summed E-state index contributed by atoms with van der Waals surface area (Å²) in [6.07, 6.45) is -3.52. The maximum Gasteiger partial charge on any atom is 1.00 e. The van der Waals surface area contributed by atoms with Crippen LogP contribution in [0.4, 0.5) is 0 Å². The average Bonchev–Trinajstić information content (AvgIpc) is 1.85. The first-order chi connectivity index (χ1) is 4.57. The van der Waals surface area contributed by atoms with Gasteiger partial charge in [-0.05, 0) is 0 Å². The van der Waals surface area contributed by atoms with E-state index in [-0.39, 0.29) is 29.6 Å². The van der Waals surface area contributed by atoms with Gasteiger partial charge >= 0.3 is 29.6 Å². The summed E-state index contributed by atoms with van der Waals surface area (Å²) in [5, 5.41) is 35.2. The van der Waals surface area contributed by atoms with E-state index in [1.165, 1.54) is 0 Å². The molecule has 11 heavy (non-hydrogen) atoms. The fraction of sp³-hybridized carbons (Fsp3) is 0.800. The molecule has 0 aromatic carbocycles. The molecule has 3 N–H and O–H groups in total. The van der Waals surface area contributed by atoms with Gasteiger partial charge in [0.05, 0.1) is 12.7 Å². The summed E-state index contributed by atoms with van der Waals surface area (Å²) in [6, 6.07) is 0. The quantitative estimate of drug-likeness (QED) is 0.366. The van der Waals surface area contributed by atoms with Crippen molar-refractivity contribution in [2.24, 2.45) is 0 Å². The molecule has 5 nitrogen and oxygen atoms in total. The van der Waals surface area contributed by atoms with Gasteiger partial charge in [0, 0.05) is 12.4 Å². The van der Waals surface area contributed by atoms with Gasteiger partial charge in [-0.1, -0.05) is 0 Å². The number of aliphatic hydroxyl groups is 3. The molecule has 2 atom stereocenters. The molecule has 0 aliphatic heterocycles. The van der Waals surface area contributed by atoms with E-state index < -0.39 is 31.2 Å². The van der Waals surface area contributed by atoms with Gasteiger partial charge in [0.2, 0.25) is 0 Å². The Morgan fingerprint density at radius 1 is 1.36 bits per heavy atom. The average molecular weight is 172 g/mol. The number of rotatable bonds is 4. The molecule has 0 bridgehead atoms. The van der Waals surface area contributed by atoms with Crippen molar-refractivity contribution in [1.29, 1.82) is 0 Å².